The summed E-state index contributed by atoms with van der Waals surface area (Å²) in [6, 6.07) is 11.2. The number of carbonyl (C=O) groups is 3. The second kappa shape index (κ2) is 11.1. The van der Waals surface area contributed by atoms with Gasteiger partial charge in [0.2, 0.25) is 5.92 Å². The normalized spacial score (nSPS) is 19.2. The number of anilines is 1. The molecule has 2 N–H and O–H groups in total. The molecule has 3 amide bonds. The maximum atomic E-state index is 13.7. The van der Waals surface area contributed by atoms with Crippen LogP contribution in [0.4, 0.5) is 19.3 Å². The summed E-state index contributed by atoms with van der Waals surface area (Å²) in [6.45, 7) is 5.56. The number of thioether (sulfide) groups is 1. The molecule has 0 unspecified atom stereocenters. The number of rotatable bonds is 6. The predicted molar refractivity (Wildman–Crippen MR) is 143 cm³/mol. The Hall–Kier alpha value is -2.85. The number of benzene rings is 2. The standard InChI is InChI=1S/C27H30ClF2N3O4S/c1-26(2,3)37-25(36)32-20-15-38-22-9-6-18(23(34)31-13-17-11-27(29,30)12-17)10-21(22)33(24(20)35)14-16-4-7-19(28)8-5-16/h4-10,17,20H,11-15H2,1-3H3,(H,31,34)(H,32,36)/t20-/m0/s1. The van der Waals surface area contributed by atoms with Crippen molar-refractivity contribution >= 4 is 47.0 Å². The fourth-order valence-electron chi connectivity index (χ4n) is 4.30. The summed E-state index contributed by atoms with van der Waals surface area (Å²) in [5, 5.41) is 5.96. The van der Waals surface area contributed by atoms with Gasteiger partial charge >= 0.3 is 6.09 Å². The highest BCUT2D eigenvalue weighted by molar-refractivity contribution is 7.99. The number of nitrogens with one attached hydrogen (secondary N) is 2. The lowest BCUT2D eigenvalue weighted by molar-refractivity contribution is -0.120. The molecule has 0 saturated heterocycles. The molecule has 2 aromatic rings. The van der Waals surface area contributed by atoms with E-state index in [-0.39, 0.29) is 43.5 Å². The summed E-state index contributed by atoms with van der Waals surface area (Å²) < 4.78 is 31.6. The van der Waals surface area contributed by atoms with E-state index in [1.807, 2.05) is 0 Å². The molecule has 11 heteroatoms. The van der Waals surface area contributed by atoms with Crippen LogP contribution in [0.5, 0.6) is 0 Å². The predicted octanol–water partition coefficient (Wildman–Crippen LogP) is 5.65. The topological polar surface area (TPSA) is 87.7 Å². The Balaban J connectivity index is 1.57. The first-order chi connectivity index (χ1) is 17.8. The molecule has 0 bridgehead atoms. The van der Waals surface area contributed by atoms with Crippen molar-refractivity contribution in [3.8, 4) is 0 Å². The molecule has 7 nitrogen and oxygen atoms in total. The lowest BCUT2D eigenvalue weighted by Gasteiger charge is -2.34. The summed E-state index contributed by atoms with van der Waals surface area (Å²) in [5.74, 6) is -3.40. The largest absolute Gasteiger partial charge is 0.444 e. The molecule has 4 rings (SSSR count). The second-order valence-electron chi connectivity index (χ2n) is 10.6. The van der Waals surface area contributed by atoms with Crippen LogP contribution < -0.4 is 15.5 Å². The summed E-state index contributed by atoms with van der Waals surface area (Å²) in [6.07, 6.45) is -1.16. The van der Waals surface area contributed by atoms with E-state index < -0.39 is 29.6 Å². The van der Waals surface area contributed by atoms with Gasteiger partial charge in [0.05, 0.1) is 12.2 Å². The van der Waals surface area contributed by atoms with Gasteiger partial charge in [-0.2, -0.15) is 0 Å². The summed E-state index contributed by atoms with van der Waals surface area (Å²) in [7, 11) is 0. The number of hydrogen-bond acceptors (Lipinski definition) is 5. The molecular formula is C27H30ClF2N3O4S. The first-order valence-electron chi connectivity index (χ1n) is 12.3. The van der Waals surface area contributed by atoms with E-state index in [4.69, 9.17) is 16.3 Å². The Kier molecular flexibility index (Phi) is 8.23. The first-order valence-corrected chi connectivity index (χ1v) is 13.6. The first kappa shape index (κ1) is 28.2. The highest BCUT2D eigenvalue weighted by Gasteiger charge is 2.45. The molecule has 0 spiro atoms. The van der Waals surface area contributed by atoms with Crippen LogP contribution in [0.1, 0.15) is 49.5 Å². The lowest BCUT2D eigenvalue weighted by atomic mass is 9.81. The minimum absolute atomic E-state index is 0.162. The molecule has 0 aromatic heterocycles. The summed E-state index contributed by atoms with van der Waals surface area (Å²) >= 11 is 7.41. The van der Waals surface area contributed by atoms with Crippen LogP contribution in [0.15, 0.2) is 47.4 Å². The van der Waals surface area contributed by atoms with Gasteiger partial charge in [0.1, 0.15) is 11.6 Å². The molecule has 1 atom stereocenters. The fraction of sp³-hybridized carbons (Fsp3) is 0.444. The van der Waals surface area contributed by atoms with Crippen LogP contribution in [0.25, 0.3) is 0 Å². The Morgan fingerprint density at radius 2 is 1.84 bits per heavy atom. The zero-order chi connectivity index (χ0) is 27.7. The Morgan fingerprint density at radius 1 is 1.16 bits per heavy atom. The number of amides is 3. The van der Waals surface area contributed by atoms with Gasteiger partial charge in [-0.05, 0) is 62.6 Å². The monoisotopic (exact) mass is 565 g/mol. The number of alkyl carbamates (subject to hydrolysis) is 1. The molecule has 2 aliphatic rings. The average Bonchev–Trinajstić information content (AvgIpc) is 2.93. The van der Waals surface area contributed by atoms with E-state index in [2.05, 4.69) is 10.6 Å². The number of fused-ring (bicyclic) bond motifs is 1. The number of halogens is 3. The molecule has 1 aliphatic heterocycles. The SMILES string of the molecule is CC(C)(C)OC(=O)N[C@H]1CSc2ccc(C(=O)NCC3CC(F)(F)C3)cc2N(Cc2ccc(Cl)cc2)C1=O. The Morgan fingerprint density at radius 3 is 2.47 bits per heavy atom. The zero-order valence-corrected chi connectivity index (χ0v) is 22.9. The second-order valence-corrected chi connectivity index (χ2v) is 12.1. The maximum absolute atomic E-state index is 13.7. The van der Waals surface area contributed by atoms with E-state index >= 15 is 0 Å². The van der Waals surface area contributed by atoms with Crippen molar-refractivity contribution in [3.05, 3.63) is 58.6 Å². The van der Waals surface area contributed by atoms with E-state index in [0.29, 0.717) is 16.3 Å². The summed E-state index contributed by atoms with van der Waals surface area (Å²) in [4.78, 5) is 41.3. The number of ether oxygens (including phenoxy) is 1. The van der Waals surface area contributed by atoms with Gasteiger partial charge in [-0.15, -0.1) is 11.8 Å². The molecule has 0 radical (unpaired) electrons. The van der Waals surface area contributed by atoms with Crippen LogP contribution in [-0.2, 0) is 16.1 Å². The molecule has 204 valence electrons. The van der Waals surface area contributed by atoms with Gasteiger partial charge in [0, 0.05) is 40.6 Å². The number of carbonyl (C=O) groups excluding carboxylic acids is 3. The van der Waals surface area contributed by atoms with Crippen molar-refractivity contribution < 1.29 is 27.9 Å². The number of alkyl halides is 2. The molecule has 1 fully saturated rings. The van der Waals surface area contributed by atoms with Gasteiger partial charge in [0.25, 0.3) is 11.8 Å². The van der Waals surface area contributed by atoms with Gasteiger partial charge < -0.3 is 20.3 Å². The zero-order valence-electron chi connectivity index (χ0n) is 21.4. The number of nitrogens with zero attached hydrogens (tertiary/aromatic N) is 1. The average molecular weight is 566 g/mol. The van der Waals surface area contributed by atoms with Crippen molar-refractivity contribution in [2.24, 2.45) is 5.92 Å². The Bertz CT molecular complexity index is 1210. The Labute approximate surface area is 229 Å². The van der Waals surface area contributed by atoms with E-state index in [1.54, 1.807) is 63.2 Å². The van der Waals surface area contributed by atoms with E-state index in [9.17, 15) is 23.2 Å². The van der Waals surface area contributed by atoms with Crippen LogP contribution in [0.2, 0.25) is 5.02 Å². The molecule has 1 aliphatic carbocycles. The third kappa shape index (κ3) is 7.17. The quantitative estimate of drug-likeness (QED) is 0.473. The highest BCUT2D eigenvalue weighted by Crippen LogP contribution is 2.42. The molecule has 2 aromatic carbocycles. The van der Waals surface area contributed by atoms with Crippen LogP contribution in [0.3, 0.4) is 0 Å². The van der Waals surface area contributed by atoms with Gasteiger partial charge in [-0.25, -0.2) is 13.6 Å². The van der Waals surface area contributed by atoms with Gasteiger partial charge in [-0.1, -0.05) is 23.7 Å². The molecule has 1 heterocycles. The van der Waals surface area contributed by atoms with Gasteiger partial charge in [0.15, 0.2) is 0 Å². The fourth-order valence-corrected chi connectivity index (χ4v) is 5.48. The lowest BCUT2D eigenvalue weighted by Crippen LogP contribution is -2.50. The molecule has 1 saturated carbocycles. The minimum Gasteiger partial charge on any atom is -0.444 e. The van der Waals surface area contributed by atoms with Crippen molar-refractivity contribution in [1.82, 2.24) is 10.6 Å². The smallest absolute Gasteiger partial charge is 0.408 e. The van der Waals surface area contributed by atoms with Gasteiger partial charge in [-0.3, -0.25) is 9.59 Å². The van der Waals surface area contributed by atoms with E-state index in [1.165, 1.54) is 16.7 Å². The molecule has 38 heavy (non-hydrogen) atoms. The van der Waals surface area contributed by atoms with Crippen LogP contribution in [-0.4, -0.2) is 47.8 Å². The van der Waals surface area contributed by atoms with Crippen LogP contribution in [0, 0.1) is 5.92 Å². The van der Waals surface area contributed by atoms with E-state index in [0.717, 1.165) is 10.5 Å². The van der Waals surface area contributed by atoms with Crippen LogP contribution >= 0.6 is 23.4 Å². The summed E-state index contributed by atoms with van der Waals surface area (Å²) in [5.41, 5.74) is 0.903. The third-order valence-electron chi connectivity index (χ3n) is 6.15. The number of hydrogen-bond donors (Lipinski definition) is 2. The van der Waals surface area contributed by atoms with Crippen molar-refractivity contribution in [1.29, 1.82) is 0 Å². The van der Waals surface area contributed by atoms with Crippen molar-refractivity contribution in [2.75, 3.05) is 17.2 Å². The minimum atomic E-state index is -2.65. The van der Waals surface area contributed by atoms with Crippen molar-refractivity contribution in [3.63, 3.8) is 0 Å². The third-order valence-corrected chi connectivity index (χ3v) is 7.56. The molecular weight excluding hydrogens is 536 g/mol. The van der Waals surface area contributed by atoms with Crippen molar-refractivity contribution in [2.45, 2.75) is 62.6 Å². The highest BCUT2D eigenvalue weighted by atomic mass is 35.5. The maximum Gasteiger partial charge on any atom is 0.408 e.